The Hall–Kier alpha value is -0.560. The molecule has 1 aliphatic rings. The smallest absolute Gasteiger partial charge is 0.215 e. The van der Waals surface area contributed by atoms with Crippen LogP contribution in [0.1, 0.15) is 19.4 Å². The van der Waals surface area contributed by atoms with Crippen LogP contribution in [0.15, 0.2) is 35.3 Å². The summed E-state index contributed by atoms with van der Waals surface area (Å²) in [4.78, 5) is 4.57. The van der Waals surface area contributed by atoms with Crippen LogP contribution in [0, 0.1) is 5.92 Å². The number of sulfonamides is 1. The van der Waals surface area contributed by atoms with Gasteiger partial charge in [-0.1, -0.05) is 37.3 Å². The predicted octanol–water partition coefficient (Wildman–Crippen LogP) is 2.39. The van der Waals surface area contributed by atoms with Gasteiger partial charge in [-0.25, -0.2) is 12.7 Å². The Kier molecular flexibility index (Phi) is 14.0. The second-order valence-electron chi connectivity index (χ2n) is 7.08. The van der Waals surface area contributed by atoms with Gasteiger partial charge in [0.05, 0.1) is 19.0 Å². The molecule has 1 fully saturated rings. The molecule has 0 spiro atoms. The summed E-state index contributed by atoms with van der Waals surface area (Å²) in [5.74, 6) is 2.75. The van der Waals surface area contributed by atoms with Crippen molar-refractivity contribution >= 4 is 51.7 Å². The molecule has 10 heteroatoms. The summed E-state index contributed by atoms with van der Waals surface area (Å²) in [5, 5.41) is 6.31. The van der Waals surface area contributed by atoms with Gasteiger partial charge in [0.2, 0.25) is 10.0 Å². The number of hydrogen-bond acceptors (Lipinski definition) is 5. The number of ether oxygens (including phenoxy) is 1. The summed E-state index contributed by atoms with van der Waals surface area (Å²) in [6.07, 6.45) is 0. The van der Waals surface area contributed by atoms with E-state index in [1.807, 2.05) is 37.3 Å². The summed E-state index contributed by atoms with van der Waals surface area (Å²) in [6, 6.07) is 10.1. The second-order valence-corrected chi connectivity index (χ2v) is 10.4. The van der Waals surface area contributed by atoms with Crippen LogP contribution in [0.2, 0.25) is 0 Å². The molecular formula is C20H35IN4O3S2. The van der Waals surface area contributed by atoms with Gasteiger partial charge >= 0.3 is 0 Å². The van der Waals surface area contributed by atoms with Gasteiger partial charge in [0.1, 0.15) is 0 Å². The molecule has 1 heterocycles. The number of rotatable bonds is 11. The lowest BCUT2D eigenvalue weighted by Gasteiger charge is -2.25. The van der Waals surface area contributed by atoms with E-state index in [0.717, 1.165) is 23.6 Å². The zero-order chi connectivity index (χ0) is 21.0. The van der Waals surface area contributed by atoms with E-state index in [9.17, 15) is 8.42 Å². The molecule has 1 unspecified atom stereocenters. The van der Waals surface area contributed by atoms with E-state index in [4.69, 9.17) is 4.74 Å². The fourth-order valence-electron chi connectivity index (χ4n) is 2.85. The van der Waals surface area contributed by atoms with Crippen molar-refractivity contribution in [1.82, 2.24) is 14.9 Å². The first-order valence-corrected chi connectivity index (χ1v) is 13.0. The highest BCUT2D eigenvalue weighted by Gasteiger charge is 2.23. The van der Waals surface area contributed by atoms with Gasteiger partial charge in [0.15, 0.2) is 5.96 Å². The van der Waals surface area contributed by atoms with Crippen LogP contribution in [-0.2, 0) is 21.4 Å². The van der Waals surface area contributed by atoms with Crippen molar-refractivity contribution in [1.29, 1.82) is 0 Å². The third-order valence-electron chi connectivity index (χ3n) is 4.44. The molecule has 2 N–H and O–H groups in total. The second kappa shape index (κ2) is 15.3. The minimum Gasteiger partial charge on any atom is -0.376 e. The number of hydrogen-bond donors (Lipinski definition) is 2. The lowest BCUT2D eigenvalue weighted by Crippen LogP contribution is -2.44. The largest absolute Gasteiger partial charge is 0.376 e. The van der Waals surface area contributed by atoms with Gasteiger partial charge in [0, 0.05) is 44.2 Å². The average Bonchev–Trinajstić information content (AvgIpc) is 2.73. The first-order chi connectivity index (χ1) is 14.0. The first-order valence-electron chi connectivity index (χ1n) is 10.2. The Balaban J connectivity index is 0.00000450. The zero-order valence-corrected chi connectivity index (χ0v) is 21.8. The summed E-state index contributed by atoms with van der Waals surface area (Å²) >= 11 is 1.80. The average molecular weight is 571 g/mol. The Labute approximate surface area is 202 Å². The molecule has 1 aliphatic heterocycles. The molecule has 1 saturated heterocycles. The maximum atomic E-state index is 12.4. The monoisotopic (exact) mass is 570 g/mol. The topological polar surface area (TPSA) is 83.0 Å². The van der Waals surface area contributed by atoms with E-state index in [0.29, 0.717) is 45.4 Å². The Morgan fingerprint density at radius 3 is 2.60 bits per heavy atom. The first kappa shape index (κ1) is 27.5. The van der Waals surface area contributed by atoms with E-state index in [1.54, 1.807) is 16.1 Å². The van der Waals surface area contributed by atoms with Gasteiger partial charge in [-0.15, -0.1) is 24.0 Å². The summed E-state index contributed by atoms with van der Waals surface area (Å²) in [7, 11) is -3.21. The zero-order valence-electron chi connectivity index (χ0n) is 17.9. The fourth-order valence-corrected chi connectivity index (χ4v) is 5.34. The van der Waals surface area contributed by atoms with Crippen LogP contribution in [0.3, 0.4) is 0 Å². The van der Waals surface area contributed by atoms with E-state index in [-0.39, 0.29) is 35.6 Å². The summed E-state index contributed by atoms with van der Waals surface area (Å²) < 4.78 is 32.2. The number of aliphatic imine (C=N–C) groups is 1. The van der Waals surface area contributed by atoms with Crippen molar-refractivity contribution in [2.24, 2.45) is 10.9 Å². The van der Waals surface area contributed by atoms with Crippen molar-refractivity contribution in [3.05, 3.63) is 35.9 Å². The molecule has 1 atom stereocenters. The van der Waals surface area contributed by atoms with Crippen LogP contribution in [0.25, 0.3) is 0 Å². The Morgan fingerprint density at radius 1 is 1.23 bits per heavy atom. The highest BCUT2D eigenvalue weighted by atomic mass is 127. The number of halogens is 1. The lowest BCUT2D eigenvalue weighted by molar-refractivity contribution is 0.0945. The van der Waals surface area contributed by atoms with Crippen LogP contribution < -0.4 is 10.6 Å². The molecule has 0 aromatic heterocycles. The third kappa shape index (κ3) is 10.7. The number of nitrogens with one attached hydrogen (secondary N) is 2. The SMILES string of the molecule is CCNC(=NCC(C)COCc1ccccc1)NCCS(=O)(=O)N1CCSCC1.I. The van der Waals surface area contributed by atoms with Crippen molar-refractivity contribution < 1.29 is 13.2 Å². The van der Waals surface area contributed by atoms with Crippen molar-refractivity contribution in [3.63, 3.8) is 0 Å². The molecule has 7 nitrogen and oxygen atoms in total. The van der Waals surface area contributed by atoms with Crippen LogP contribution in [0.4, 0.5) is 0 Å². The highest BCUT2D eigenvalue weighted by molar-refractivity contribution is 14.0. The van der Waals surface area contributed by atoms with Gasteiger partial charge < -0.3 is 15.4 Å². The van der Waals surface area contributed by atoms with Crippen LogP contribution >= 0.6 is 35.7 Å². The van der Waals surface area contributed by atoms with E-state index in [2.05, 4.69) is 22.5 Å². The maximum absolute atomic E-state index is 12.4. The van der Waals surface area contributed by atoms with Gasteiger partial charge in [-0.05, 0) is 18.4 Å². The van der Waals surface area contributed by atoms with Gasteiger partial charge in [-0.3, -0.25) is 4.99 Å². The Bertz CT molecular complexity index is 714. The minimum atomic E-state index is -3.21. The molecular weight excluding hydrogens is 535 g/mol. The van der Waals surface area contributed by atoms with E-state index < -0.39 is 10.0 Å². The fraction of sp³-hybridized carbons (Fsp3) is 0.650. The van der Waals surface area contributed by atoms with E-state index in [1.165, 1.54) is 0 Å². The normalized spacial score (nSPS) is 16.5. The molecule has 2 rings (SSSR count). The molecule has 30 heavy (non-hydrogen) atoms. The molecule has 0 bridgehead atoms. The maximum Gasteiger partial charge on any atom is 0.215 e. The molecule has 0 saturated carbocycles. The minimum absolute atomic E-state index is 0. The Morgan fingerprint density at radius 2 is 1.93 bits per heavy atom. The van der Waals surface area contributed by atoms with E-state index >= 15 is 0 Å². The van der Waals surface area contributed by atoms with Crippen molar-refractivity contribution in [2.75, 3.05) is 56.6 Å². The molecule has 1 aromatic carbocycles. The molecule has 172 valence electrons. The predicted molar refractivity (Wildman–Crippen MR) is 137 cm³/mol. The summed E-state index contributed by atoms with van der Waals surface area (Å²) in [6.45, 7) is 8.21. The quantitative estimate of drug-likeness (QED) is 0.242. The van der Waals surface area contributed by atoms with Gasteiger partial charge in [0.25, 0.3) is 0 Å². The summed E-state index contributed by atoms with van der Waals surface area (Å²) in [5.41, 5.74) is 1.16. The third-order valence-corrected chi connectivity index (χ3v) is 7.25. The number of nitrogens with zero attached hydrogens (tertiary/aromatic N) is 2. The van der Waals surface area contributed by atoms with Crippen LogP contribution in [-0.4, -0.2) is 75.3 Å². The molecule has 1 aromatic rings. The molecule has 0 amide bonds. The van der Waals surface area contributed by atoms with Gasteiger partial charge in [-0.2, -0.15) is 11.8 Å². The number of thioether (sulfide) groups is 1. The van der Waals surface area contributed by atoms with Crippen molar-refractivity contribution in [2.45, 2.75) is 20.5 Å². The standard InChI is InChI=1S/C20H34N4O3S2.HI/c1-3-21-20(22-9-14-29(25,26)24-10-12-28-13-11-24)23-15-18(2)16-27-17-19-7-5-4-6-8-19;/h4-8,18H,3,9-17H2,1-2H3,(H2,21,22,23);1H. The molecule has 0 radical (unpaired) electrons. The highest BCUT2D eigenvalue weighted by Crippen LogP contribution is 2.13. The number of guanidine groups is 1. The van der Waals surface area contributed by atoms with Crippen molar-refractivity contribution in [3.8, 4) is 0 Å². The van der Waals surface area contributed by atoms with Crippen LogP contribution in [0.5, 0.6) is 0 Å². The number of benzene rings is 1. The molecule has 0 aliphatic carbocycles. The lowest BCUT2D eigenvalue weighted by atomic mass is 10.2.